The van der Waals surface area contributed by atoms with Crippen LogP contribution in [0.1, 0.15) is 57.1 Å². The third kappa shape index (κ3) is 2.32. The highest BCUT2D eigenvalue weighted by Crippen LogP contribution is 2.38. The van der Waals surface area contributed by atoms with Crippen molar-refractivity contribution in [3.05, 3.63) is 45.5 Å². The Kier molecular flexibility index (Phi) is 3.75. The summed E-state index contributed by atoms with van der Waals surface area (Å²) in [5.74, 6) is -4.10. The van der Waals surface area contributed by atoms with E-state index in [-0.39, 0.29) is 22.9 Å². The van der Waals surface area contributed by atoms with E-state index in [9.17, 15) is 18.0 Å². The molecule has 118 valence electrons. The second-order valence-electron chi connectivity index (χ2n) is 6.12. The van der Waals surface area contributed by atoms with E-state index in [0.29, 0.717) is 5.56 Å². The number of hydrogen-bond donors (Lipinski definition) is 0. The van der Waals surface area contributed by atoms with Crippen LogP contribution in [-0.4, -0.2) is 4.57 Å². The average Bonchev–Trinajstić information content (AvgIpc) is 3.30. The van der Waals surface area contributed by atoms with Crippen LogP contribution in [0.25, 0.3) is 10.9 Å². The molecule has 0 N–H and O–H groups in total. The molecule has 2 aromatic rings. The minimum Gasteiger partial charge on any atom is -0.341 e. The second kappa shape index (κ2) is 5.45. The molecule has 0 unspecified atom stereocenters. The zero-order valence-corrected chi connectivity index (χ0v) is 12.6. The molecule has 1 atom stereocenters. The van der Waals surface area contributed by atoms with Gasteiger partial charge in [0.15, 0.2) is 22.9 Å². The van der Waals surface area contributed by atoms with E-state index in [1.807, 2.05) is 13.8 Å². The van der Waals surface area contributed by atoms with Crippen molar-refractivity contribution in [1.29, 1.82) is 0 Å². The normalized spacial score (nSPS) is 16.2. The topological polar surface area (TPSA) is 22.0 Å². The van der Waals surface area contributed by atoms with Crippen LogP contribution < -0.4 is 5.43 Å². The van der Waals surface area contributed by atoms with Crippen molar-refractivity contribution in [3.63, 3.8) is 0 Å². The van der Waals surface area contributed by atoms with Gasteiger partial charge in [-0.25, -0.2) is 13.2 Å². The molecule has 2 nitrogen and oxygen atoms in total. The zero-order chi connectivity index (χ0) is 16.0. The molecule has 0 bridgehead atoms. The number of aromatic nitrogens is 1. The largest absolute Gasteiger partial charge is 0.341 e. The van der Waals surface area contributed by atoms with Crippen LogP contribution in [0.15, 0.2) is 17.1 Å². The number of rotatable bonds is 4. The standard InChI is InChI=1S/C17H18F3NO/c1-3-4-9(2)12-8-21(10-5-6-10)16-11(17(12)22)7-13(18)14(19)15(16)20/h7-10H,3-6H2,1-2H3/t9-/m0/s1. The van der Waals surface area contributed by atoms with Gasteiger partial charge in [0.05, 0.1) is 10.9 Å². The minimum absolute atomic E-state index is 0.00285. The molecule has 1 aliphatic rings. The molecule has 0 aliphatic heterocycles. The van der Waals surface area contributed by atoms with Gasteiger partial charge in [0.1, 0.15) is 0 Å². The fourth-order valence-corrected chi connectivity index (χ4v) is 3.02. The number of nitrogens with zero attached hydrogens (tertiary/aromatic N) is 1. The Morgan fingerprint density at radius 3 is 2.55 bits per heavy atom. The van der Waals surface area contributed by atoms with Crippen LogP contribution in [0, 0.1) is 17.5 Å². The van der Waals surface area contributed by atoms with Crippen LogP contribution in [0.4, 0.5) is 13.2 Å². The van der Waals surface area contributed by atoms with Crippen molar-refractivity contribution in [1.82, 2.24) is 4.57 Å². The van der Waals surface area contributed by atoms with Gasteiger partial charge in [-0.2, -0.15) is 0 Å². The lowest BCUT2D eigenvalue weighted by Gasteiger charge is -2.17. The smallest absolute Gasteiger partial charge is 0.196 e. The quantitative estimate of drug-likeness (QED) is 0.753. The molecule has 3 rings (SSSR count). The summed E-state index contributed by atoms with van der Waals surface area (Å²) in [6, 6.07) is 0.895. The van der Waals surface area contributed by atoms with Crippen molar-refractivity contribution in [2.45, 2.75) is 51.5 Å². The molecule has 0 amide bonds. The lowest BCUT2D eigenvalue weighted by Crippen LogP contribution is -2.18. The number of fused-ring (bicyclic) bond motifs is 1. The van der Waals surface area contributed by atoms with E-state index in [2.05, 4.69) is 0 Å². The summed E-state index contributed by atoms with van der Waals surface area (Å²) in [7, 11) is 0. The third-order valence-electron chi connectivity index (χ3n) is 4.37. The highest BCUT2D eigenvalue weighted by molar-refractivity contribution is 5.81. The number of benzene rings is 1. The molecule has 1 heterocycles. The molecule has 0 spiro atoms. The van der Waals surface area contributed by atoms with Crippen LogP contribution in [0.2, 0.25) is 0 Å². The maximum absolute atomic E-state index is 14.2. The van der Waals surface area contributed by atoms with E-state index in [4.69, 9.17) is 0 Å². The predicted octanol–water partition coefficient (Wildman–Crippen LogP) is 4.66. The van der Waals surface area contributed by atoms with Gasteiger partial charge in [-0.1, -0.05) is 20.3 Å². The Bertz CT molecular complexity index is 793. The zero-order valence-electron chi connectivity index (χ0n) is 12.6. The van der Waals surface area contributed by atoms with E-state index < -0.39 is 22.9 Å². The Morgan fingerprint density at radius 2 is 1.95 bits per heavy atom. The molecule has 1 aliphatic carbocycles. The number of hydrogen-bond acceptors (Lipinski definition) is 1. The first-order chi connectivity index (χ1) is 10.5. The van der Waals surface area contributed by atoms with Crippen LogP contribution in [0.5, 0.6) is 0 Å². The molecule has 1 aromatic carbocycles. The summed E-state index contributed by atoms with van der Waals surface area (Å²) in [4.78, 5) is 12.6. The summed E-state index contributed by atoms with van der Waals surface area (Å²) >= 11 is 0. The molecule has 1 aromatic heterocycles. The first kappa shape index (κ1) is 15.1. The maximum atomic E-state index is 14.2. The summed E-state index contributed by atoms with van der Waals surface area (Å²) in [6.07, 6.45) is 5.09. The van der Waals surface area contributed by atoms with Crippen molar-refractivity contribution < 1.29 is 13.2 Å². The summed E-state index contributed by atoms with van der Waals surface area (Å²) in [5.41, 5.74) is 0.0381. The van der Waals surface area contributed by atoms with E-state index in [1.54, 1.807) is 10.8 Å². The molecule has 1 saturated carbocycles. The Hall–Kier alpha value is -1.78. The van der Waals surface area contributed by atoms with Gasteiger partial charge in [-0.3, -0.25) is 4.79 Å². The van der Waals surface area contributed by atoms with Gasteiger partial charge in [0.25, 0.3) is 0 Å². The van der Waals surface area contributed by atoms with Crippen LogP contribution in [-0.2, 0) is 0 Å². The molecule has 0 radical (unpaired) electrons. The first-order valence-corrected chi connectivity index (χ1v) is 7.67. The minimum atomic E-state index is -1.52. The summed E-state index contributed by atoms with van der Waals surface area (Å²) < 4.78 is 42.9. The van der Waals surface area contributed by atoms with Crippen molar-refractivity contribution in [2.24, 2.45) is 0 Å². The van der Waals surface area contributed by atoms with Crippen LogP contribution in [0.3, 0.4) is 0 Å². The fourth-order valence-electron chi connectivity index (χ4n) is 3.02. The Morgan fingerprint density at radius 1 is 1.27 bits per heavy atom. The van der Waals surface area contributed by atoms with Crippen molar-refractivity contribution in [3.8, 4) is 0 Å². The Labute approximate surface area is 126 Å². The van der Waals surface area contributed by atoms with E-state index >= 15 is 0 Å². The van der Waals surface area contributed by atoms with Gasteiger partial charge in [0, 0.05) is 17.8 Å². The second-order valence-corrected chi connectivity index (χ2v) is 6.12. The third-order valence-corrected chi connectivity index (χ3v) is 4.37. The Balaban J connectivity index is 2.36. The molecule has 5 heteroatoms. The lowest BCUT2D eigenvalue weighted by atomic mass is 9.96. The number of pyridine rings is 1. The van der Waals surface area contributed by atoms with E-state index in [0.717, 1.165) is 31.7 Å². The van der Waals surface area contributed by atoms with Crippen molar-refractivity contribution >= 4 is 10.9 Å². The lowest BCUT2D eigenvalue weighted by molar-refractivity contribution is 0.450. The molecular weight excluding hydrogens is 291 g/mol. The molecular formula is C17H18F3NO. The number of halogens is 3. The van der Waals surface area contributed by atoms with Gasteiger partial charge in [0.2, 0.25) is 0 Å². The van der Waals surface area contributed by atoms with Gasteiger partial charge in [-0.05, 0) is 31.2 Å². The molecule has 22 heavy (non-hydrogen) atoms. The average molecular weight is 309 g/mol. The van der Waals surface area contributed by atoms with Gasteiger partial charge >= 0.3 is 0 Å². The SMILES string of the molecule is CCC[C@H](C)c1cn(C2CC2)c2c(F)c(F)c(F)cc2c1=O. The predicted molar refractivity (Wildman–Crippen MR) is 79.7 cm³/mol. The van der Waals surface area contributed by atoms with E-state index in [1.165, 1.54) is 0 Å². The fraction of sp³-hybridized carbons (Fsp3) is 0.471. The first-order valence-electron chi connectivity index (χ1n) is 7.67. The monoisotopic (exact) mass is 309 g/mol. The summed E-state index contributed by atoms with van der Waals surface area (Å²) in [6.45, 7) is 3.95. The van der Waals surface area contributed by atoms with Crippen LogP contribution >= 0.6 is 0 Å². The highest BCUT2D eigenvalue weighted by Gasteiger charge is 2.29. The van der Waals surface area contributed by atoms with Crippen molar-refractivity contribution in [2.75, 3.05) is 0 Å². The van der Waals surface area contributed by atoms with Gasteiger partial charge in [-0.15, -0.1) is 0 Å². The maximum Gasteiger partial charge on any atom is 0.196 e. The molecule has 1 fully saturated rings. The summed E-state index contributed by atoms with van der Waals surface area (Å²) in [5, 5.41) is -0.0660. The van der Waals surface area contributed by atoms with Gasteiger partial charge < -0.3 is 4.57 Å². The highest BCUT2D eigenvalue weighted by atomic mass is 19.2. The molecule has 0 saturated heterocycles.